The van der Waals surface area contributed by atoms with E-state index in [2.05, 4.69) is 0 Å². The Morgan fingerprint density at radius 3 is 1.82 bits per heavy atom. The van der Waals surface area contributed by atoms with Crippen molar-refractivity contribution in [3.63, 3.8) is 0 Å². The minimum atomic E-state index is -6.52. The van der Waals surface area contributed by atoms with Crippen LogP contribution >= 0.6 is 35.1 Å². The van der Waals surface area contributed by atoms with Crippen molar-refractivity contribution in [2.75, 3.05) is 5.75 Å². The number of carboxylic acid groups (broad SMARTS) is 1. The van der Waals surface area contributed by atoms with E-state index in [0.29, 0.717) is 11.8 Å². The molecule has 0 amide bonds. The fourth-order valence-electron chi connectivity index (χ4n) is 1.62. The molecule has 0 aromatic carbocycles. The summed E-state index contributed by atoms with van der Waals surface area (Å²) in [7, 11) is 0. The summed E-state index contributed by atoms with van der Waals surface area (Å²) in [5.41, 5.74) is -9.41. The van der Waals surface area contributed by atoms with Gasteiger partial charge in [0.05, 0.1) is 0 Å². The van der Waals surface area contributed by atoms with Crippen molar-refractivity contribution >= 4 is 46.9 Å². The molecule has 1 aliphatic heterocycles. The first-order valence-corrected chi connectivity index (χ1v) is 6.81. The van der Waals surface area contributed by atoms with Crippen LogP contribution in [0.3, 0.4) is 0 Å². The number of thioether (sulfide) groups is 1. The normalized spacial score (nSPS) is 28.0. The molecule has 0 spiro atoms. The molecule has 14 heteroatoms. The Hall–Kier alpha value is -0.430. The first kappa shape index (κ1) is 19.6. The van der Waals surface area contributed by atoms with Crippen molar-refractivity contribution in [1.82, 2.24) is 4.42 Å². The van der Waals surface area contributed by atoms with Crippen LogP contribution in [0.25, 0.3) is 0 Å². The van der Waals surface area contributed by atoms with E-state index in [0.717, 1.165) is 0 Å². The molecule has 2 N–H and O–H groups in total. The first-order valence-electron chi connectivity index (χ1n) is 4.99. The van der Waals surface area contributed by atoms with Gasteiger partial charge in [0.2, 0.25) is 11.3 Å². The lowest BCUT2D eigenvalue weighted by atomic mass is 9.82. The van der Waals surface area contributed by atoms with Gasteiger partial charge in [-0.1, -0.05) is 11.6 Å². The van der Waals surface area contributed by atoms with E-state index in [1.54, 1.807) is 0 Å². The van der Waals surface area contributed by atoms with Crippen molar-refractivity contribution in [3.8, 4) is 0 Å². The second kappa shape index (κ2) is 5.58. The number of carbonyl (C=O) groups excluding carboxylic acids is 1. The van der Waals surface area contributed by atoms with Gasteiger partial charge in [-0.25, -0.2) is 4.79 Å². The third-order valence-corrected chi connectivity index (χ3v) is 5.19. The van der Waals surface area contributed by atoms with Crippen molar-refractivity contribution in [1.29, 1.82) is 0 Å². The molecule has 22 heavy (non-hydrogen) atoms. The van der Waals surface area contributed by atoms with Crippen LogP contribution in [0, 0.1) is 0 Å². The molecule has 0 radical (unpaired) electrons. The van der Waals surface area contributed by atoms with Crippen molar-refractivity contribution < 1.29 is 46.1 Å². The van der Waals surface area contributed by atoms with Gasteiger partial charge in [-0.2, -0.15) is 30.8 Å². The quantitative estimate of drug-likeness (QED) is 0.250. The Bertz CT molecular complexity index is 486. The second-order valence-corrected chi connectivity index (χ2v) is 6.22. The largest absolute Gasteiger partial charge is 0.479 e. The van der Waals surface area contributed by atoms with Crippen LogP contribution in [0.2, 0.25) is 0 Å². The average molecular weight is 396 g/mol. The number of hydrogen-bond donors (Lipinski definition) is 2. The van der Waals surface area contributed by atoms with Gasteiger partial charge in [-0.05, 0) is 11.8 Å². The van der Waals surface area contributed by atoms with Crippen LogP contribution in [-0.2, 0) is 9.59 Å². The summed E-state index contributed by atoms with van der Waals surface area (Å²) >= 11 is 11.0. The summed E-state index contributed by atoms with van der Waals surface area (Å²) in [6.45, 7) is 0. The monoisotopic (exact) mass is 395 g/mol. The molecule has 1 rings (SSSR count). The van der Waals surface area contributed by atoms with Gasteiger partial charge >= 0.3 is 23.9 Å². The number of carboxylic acids is 1. The van der Waals surface area contributed by atoms with Crippen molar-refractivity contribution in [2.45, 2.75) is 28.3 Å². The molecule has 128 valence electrons. The van der Waals surface area contributed by atoms with Gasteiger partial charge < -0.3 is 10.2 Å². The van der Waals surface area contributed by atoms with Crippen LogP contribution in [0.15, 0.2) is 0 Å². The maximum Gasteiger partial charge on any atom is 0.433 e. The Morgan fingerprint density at radius 1 is 1.18 bits per heavy atom. The Balaban J connectivity index is 3.57. The fourth-order valence-corrected chi connectivity index (χ4v) is 3.51. The van der Waals surface area contributed by atoms with Gasteiger partial charge in [0.25, 0.3) is 0 Å². The summed E-state index contributed by atoms with van der Waals surface area (Å²) in [4.78, 5) is 21.4. The van der Waals surface area contributed by atoms with Crippen LogP contribution < -0.4 is 0 Å². The molecule has 1 saturated heterocycles. The number of hydrogen-bond acceptors (Lipinski definition) is 5. The summed E-state index contributed by atoms with van der Waals surface area (Å²) in [5.74, 6) is -6.61. The molecule has 0 saturated carbocycles. The fraction of sp³-hybridized carbons (Fsp3) is 0.750. The zero-order valence-electron chi connectivity index (χ0n) is 9.87. The highest BCUT2D eigenvalue weighted by molar-refractivity contribution is 8.01. The highest BCUT2D eigenvalue weighted by Gasteiger charge is 2.80. The average Bonchev–Trinajstić information content (AvgIpc) is 2.62. The molecule has 1 fully saturated rings. The second-order valence-electron chi connectivity index (χ2n) is 4.11. The highest BCUT2D eigenvalue weighted by atomic mass is 35.5. The smallest absolute Gasteiger partial charge is 0.433 e. The molecule has 0 aliphatic carbocycles. The Labute approximate surface area is 132 Å². The van der Waals surface area contributed by atoms with Crippen LogP contribution in [0.5, 0.6) is 0 Å². The Morgan fingerprint density at radius 2 is 1.59 bits per heavy atom. The number of halogens is 8. The van der Waals surface area contributed by atoms with Gasteiger partial charge in [0.1, 0.15) is 4.83 Å². The third-order valence-electron chi connectivity index (χ3n) is 2.85. The number of aliphatic hydroxyl groups is 1. The molecule has 0 aromatic heterocycles. The number of rotatable bonds is 3. The lowest BCUT2D eigenvalue weighted by molar-refractivity contribution is -0.351. The zero-order chi connectivity index (χ0) is 17.7. The van der Waals surface area contributed by atoms with Gasteiger partial charge in [0.15, 0.2) is 0 Å². The SMILES string of the molecule is O=C(O)C1(C(=O)C(O)(C(F)(F)F)C(F)(F)F)CSC(Cl)N1Cl. The van der Waals surface area contributed by atoms with E-state index in [1.807, 2.05) is 0 Å². The summed E-state index contributed by atoms with van der Waals surface area (Å²) < 4.78 is 75.9. The molecule has 5 nitrogen and oxygen atoms in total. The number of alkyl halides is 7. The number of Topliss-reactive ketones (excluding diaryl/α,β-unsaturated/α-hetero) is 1. The van der Waals surface area contributed by atoms with Gasteiger partial charge in [-0.15, -0.1) is 11.8 Å². The number of aliphatic carboxylic acids is 1. The zero-order valence-corrected chi connectivity index (χ0v) is 12.2. The van der Waals surface area contributed by atoms with Crippen LogP contribution in [0.1, 0.15) is 0 Å². The standard InChI is InChI=1S/C8H5Cl2F6NO4S/c9-4-17(10)5(1-22-4,3(19)20)2(18)6(21,7(11,12)13)8(14,15)16/h4,21H,1H2,(H,19,20). The summed E-state index contributed by atoms with van der Waals surface area (Å²) in [6.07, 6.45) is -13.0. The predicted octanol–water partition coefficient (Wildman–Crippen LogP) is 1.96. The molecule has 2 atom stereocenters. The molecular formula is C8H5Cl2F6NO4S. The van der Waals surface area contributed by atoms with Gasteiger partial charge in [-0.3, -0.25) is 4.79 Å². The topological polar surface area (TPSA) is 77.8 Å². The Kier molecular flexibility index (Phi) is 4.98. The third kappa shape index (κ3) is 2.54. The predicted molar refractivity (Wildman–Crippen MR) is 62.2 cm³/mol. The molecular weight excluding hydrogens is 391 g/mol. The number of ketones is 1. The van der Waals surface area contributed by atoms with Crippen LogP contribution in [-0.4, -0.2) is 60.5 Å². The van der Waals surface area contributed by atoms with E-state index in [9.17, 15) is 35.9 Å². The minimum absolute atomic E-state index is 0.188. The summed E-state index contributed by atoms with van der Waals surface area (Å²) in [5, 5.41) is 18.0. The molecule has 2 unspecified atom stereocenters. The van der Waals surface area contributed by atoms with Crippen molar-refractivity contribution in [3.05, 3.63) is 0 Å². The molecule has 0 bridgehead atoms. The number of nitrogens with zero attached hydrogens (tertiary/aromatic N) is 1. The molecule has 1 heterocycles. The molecule has 1 aliphatic rings. The van der Waals surface area contributed by atoms with E-state index < -0.39 is 45.8 Å². The van der Waals surface area contributed by atoms with E-state index in [-0.39, 0.29) is 4.42 Å². The van der Waals surface area contributed by atoms with E-state index in [1.165, 1.54) is 0 Å². The van der Waals surface area contributed by atoms with Crippen LogP contribution in [0.4, 0.5) is 26.3 Å². The van der Waals surface area contributed by atoms with Crippen molar-refractivity contribution in [2.24, 2.45) is 0 Å². The first-order chi connectivity index (χ1) is 9.64. The maximum absolute atomic E-state index is 12.7. The lowest BCUT2D eigenvalue weighted by Crippen LogP contribution is -2.72. The summed E-state index contributed by atoms with van der Waals surface area (Å²) in [6, 6.07) is 0. The molecule has 0 aromatic rings. The van der Waals surface area contributed by atoms with E-state index in [4.69, 9.17) is 33.6 Å². The van der Waals surface area contributed by atoms with E-state index >= 15 is 0 Å². The highest BCUT2D eigenvalue weighted by Crippen LogP contribution is 2.50. The maximum atomic E-state index is 12.7. The lowest BCUT2D eigenvalue weighted by Gasteiger charge is -2.37. The number of carbonyl (C=O) groups is 2. The minimum Gasteiger partial charge on any atom is -0.479 e. The van der Waals surface area contributed by atoms with Gasteiger partial charge in [0, 0.05) is 5.75 Å².